The van der Waals surface area contributed by atoms with Crippen molar-refractivity contribution in [3.63, 3.8) is 0 Å². The number of carbonyl (C=O) groups is 2. The molecule has 0 spiro atoms. The summed E-state index contributed by atoms with van der Waals surface area (Å²) >= 11 is 5.98. The molecule has 1 heterocycles. The van der Waals surface area contributed by atoms with E-state index >= 15 is 0 Å². The first kappa shape index (κ1) is 23.4. The van der Waals surface area contributed by atoms with Gasteiger partial charge in [0.15, 0.2) is 0 Å². The third-order valence-corrected chi connectivity index (χ3v) is 8.14. The predicted molar refractivity (Wildman–Crippen MR) is 135 cm³/mol. The SMILES string of the molecule is O=C(N[C@@H]1CCCc2ccccc21)[C@H](C1CCCC1)N1CCN(C(=O)c2ccc(Cl)cc2)CC1. The number of nitrogens with zero attached hydrogens (tertiary/aromatic N) is 2. The van der Waals surface area contributed by atoms with Gasteiger partial charge in [0.25, 0.3) is 5.91 Å². The Hall–Kier alpha value is -2.37. The molecule has 2 fully saturated rings. The van der Waals surface area contributed by atoms with Gasteiger partial charge in [0.05, 0.1) is 12.1 Å². The maximum absolute atomic E-state index is 13.7. The van der Waals surface area contributed by atoms with Crippen LogP contribution in [-0.4, -0.2) is 53.8 Å². The Bertz CT molecular complexity index is 1010. The number of halogens is 1. The summed E-state index contributed by atoms with van der Waals surface area (Å²) in [5.74, 6) is 0.612. The summed E-state index contributed by atoms with van der Waals surface area (Å²) in [6.07, 6.45) is 7.85. The highest BCUT2D eigenvalue weighted by Gasteiger charge is 2.38. The molecule has 2 amide bonds. The van der Waals surface area contributed by atoms with Gasteiger partial charge in [0.1, 0.15) is 0 Å². The van der Waals surface area contributed by atoms with Crippen LogP contribution in [-0.2, 0) is 11.2 Å². The van der Waals surface area contributed by atoms with Gasteiger partial charge < -0.3 is 10.2 Å². The standard InChI is InChI=1S/C28H34ClN3O2/c29-23-14-12-22(13-15-23)28(34)32-18-16-31(17-19-32)26(21-7-1-2-8-21)27(33)30-25-11-5-9-20-6-3-4-10-24(20)25/h3-4,6,10,12-15,21,25-26H,1-2,5,7-9,11,16-19H2,(H,30,33)/t25-,26+/m1/s1. The zero-order chi connectivity index (χ0) is 23.5. The largest absolute Gasteiger partial charge is 0.348 e. The molecular weight excluding hydrogens is 446 g/mol. The number of fused-ring (bicyclic) bond motifs is 1. The van der Waals surface area contributed by atoms with E-state index in [1.807, 2.05) is 4.90 Å². The van der Waals surface area contributed by atoms with E-state index in [0.29, 0.717) is 29.6 Å². The number of benzene rings is 2. The summed E-state index contributed by atoms with van der Waals surface area (Å²) in [5.41, 5.74) is 3.32. The van der Waals surface area contributed by atoms with Crippen LogP contribution in [0.4, 0.5) is 0 Å². The normalized spacial score (nSPS) is 22.3. The molecule has 180 valence electrons. The van der Waals surface area contributed by atoms with E-state index in [1.165, 1.54) is 24.0 Å². The molecule has 1 saturated heterocycles. The molecule has 6 heteroatoms. The number of hydrogen-bond donors (Lipinski definition) is 1. The summed E-state index contributed by atoms with van der Waals surface area (Å²) in [7, 11) is 0. The number of carbonyl (C=O) groups excluding carboxylic acids is 2. The van der Waals surface area contributed by atoms with Gasteiger partial charge in [-0.2, -0.15) is 0 Å². The molecule has 0 aromatic heterocycles. The molecule has 1 aliphatic heterocycles. The lowest BCUT2D eigenvalue weighted by atomic mass is 9.87. The van der Waals surface area contributed by atoms with Gasteiger partial charge >= 0.3 is 0 Å². The van der Waals surface area contributed by atoms with Gasteiger partial charge in [-0.3, -0.25) is 14.5 Å². The van der Waals surface area contributed by atoms with Crippen LogP contribution in [0.1, 0.15) is 66.1 Å². The second-order valence-corrected chi connectivity index (χ2v) is 10.4. The Labute approximate surface area is 207 Å². The van der Waals surface area contributed by atoms with Gasteiger partial charge in [-0.25, -0.2) is 0 Å². The molecule has 1 saturated carbocycles. The molecule has 5 rings (SSSR count). The lowest BCUT2D eigenvalue weighted by molar-refractivity contribution is -0.130. The predicted octanol–water partition coefficient (Wildman–Crippen LogP) is 4.85. The minimum absolute atomic E-state index is 0.0389. The van der Waals surface area contributed by atoms with Crippen molar-refractivity contribution in [3.8, 4) is 0 Å². The van der Waals surface area contributed by atoms with Crippen molar-refractivity contribution >= 4 is 23.4 Å². The van der Waals surface area contributed by atoms with Crippen LogP contribution in [0.3, 0.4) is 0 Å². The minimum Gasteiger partial charge on any atom is -0.348 e. The minimum atomic E-state index is -0.107. The highest BCUT2D eigenvalue weighted by Crippen LogP contribution is 2.33. The zero-order valence-corrected chi connectivity index (χ0v) is 20.5. The average molecular weight is 480 g/mol. The number of amides is 2. The highest BCUT2D eigenvalue weighted by atomic mass is 35.5. The number of rotatable bonds is 5. The van der Waals surface area contributed by atoms with Crippen LogP contribution in [0.5, 0.6) is 0 Å². The maximum atomic E-state index is 13.7. The van der Waals surface area contributed by atoms with E-state index in [-0.39, 0.29) is 23.9 Å². The molecule has 0 radical (unpaired) electrons. The molecule has 2 aromatic carbocycles. The Balaban J connectivity index is 1.26. The Morgan fingerprint density at radius 3 is 2.32 bits per heavy atom. The summed E-state index contributed by atoms with van der Waals surface area (Å²) in [5, 5.41) is 4.07. The van der Waals surface area contributed by atoms with E-state index in [9.17, 15) is 9.59 Å². The topological polar surface area (TPSA) is 52.7 Å². The third kappa shape index (κ3) is 5.01. The number of piperazine rings is 1. The molecule has 5 nitrogen and oxygen atoms in total. The van der Waals surface area contributed by atoms with Crippen molar-refractivity contribution in [2.24, 2.45) is 5.92 Å². The fourth-order valence-corrected chi connectivity index (χ4v) is 6.22. The molecular formula is C28H34ClN3O2. The van der Waals surface area contributed by atoms with Crippen LogP contribution in [0.15, 0.2) is 48.5 Å². The van der Waals surface area contributed by atoms with Crippen LogP contribution in [0, 0.1) is 5.92 Å². The Morgan fingerprint density at radius 1 is 0.882 bits per heavy atom. The zero-order valence-electron chi connectivity index (χ0n) is 19.7. The summed E-state index contributed by atoms with van der Waals surface area (Å²) in [4.78, 5) is 30.9. The van der Waals surface area contributed by atoms with Crippen molar-refractivity contribution in [3.05, 3.63) is 70.2 Å². The fourth-order valence-electron chi connectivity index (χ4n) is 6.09. The molecule has 2 aliphatic carbocycles. The first-order valence-electron chi connectivity index (χ1n) is 12.8. The van der Waals surface area contributed by atoms with Crippen molar-refractivity contribution in [2.45, 2.75) is 57.0 Å². The van der Waals surface area contributed by atoms with Crippen molar-refractivity contribution in [2.75, 3.05) is 26.2 Å². The number of hydrogen-bond acceptors (Lipinski definition) is 3. The lowest BCUT2D eigenvalue weighted by Crippen LogP contribution is -2.58. The van der Waals surface area contributed by atoms with Crippen LogP contribution >= 0.6 is 11.6 Å². The smallest absolute Gasteiger partial charge is 0.253 e. The van der Waals surface area contributed by atoms with Crippen molar-refractivity contribution < 1.29 is 9.59 Å². The Morgan fingerprint density at radius 2 is 1.59 bits per heavy atom. The van der Waals surface area contributed by atoms with E-state index in [4.69, 9.17) is 11.6 Å². The molecule has 0 unspecified atom stereocenters. The van der Waals surface area contributed by atoms with Gasteiger partial charge in [-0.05, 0) is 73.4 Å². The van der Waals surface area contributed by atoms with Gasteiger partial charge in [-0.1, -0.05) is 48.7 Å². The number of nitrogens with one attached hydrogen (secondary N) is 1. The fraction of sp³-hybridized carbons (Fsp3) is 0.500. The first-order valence-corrected chi connectivity index (χ1v) is 13.1. The molecule has 34 heavy (non-hydrogen) atoms. The molecule has 0 bridgehead atoms. The van der Waals surface area contributed by atoms with Crippen molar-refractivity contribution in [1.29, 1.82) is 0 Å². The highest BCUT2D eigenvalue weighted by molar-refractivity contribution is 6.30. The van der Waals surface area contributed by atoms with Gasteiger partial charge in [0.2, 0.25) is 5.91 Å². The maximum Gasteiger partial charge on any atom is 0.253 e. The van der Waals surface area contributed by atoms with E-state index < -0.39 is 0 Å². The van der Waals surface area contributed by atoms with Crippen molar-refractivity contribution in [1.82, 2.24) is 15.1 Å². The quantitative estimate of drug-likeness (QED) is 0.666. The average Bonchev–Trinajstić information content (AvgIpc) is 3.39. The third-order valence-electron chi connectivity index (χ3n) is 7.89. The molecule has 2 atom stereocenters. The first-order chi connectivity index (χ1) is 16.6. The van der Waals surface area contributed by atoms with Crippen LogP contribution < -0.4 is 5.32 Å². The van der Waals surface area contributed by atoms with Gasteiger partial charge in [0, 0.05) is 36.8 Å². The van der Waals surface area contributed by atoms with Crippen LogP contribution in [0.2, 0.25) is 5.02 Å². The van der Waals surface area contributed by atoms with E-state index in [2.05, 4.69) is 34.5 Å². The van der Waals surface area contributed by atoms with Gasteiger partial charge in [-0.15, -0.1) is 0 Å². The molecule has 2 aromatic rings. The van der Waals surface area contributed by atoms with Crippen LogP contribution in [0.25, 0.3) is 0 Å². The molecule has 3 aliphatic rings. The van der Waals surface area contributed by atoms with E-state index in [1.54, 1.807) is 24.3 Å². The second kappa shape index (κ2) is 10.5. The van der Waals surface area contributed by atoms with E-state index in [0.717, 1.165) is 45.2 Å². The lowest BCUT2D eigenvalue weighted by Gasteiger charge is -2.41. The molecule has 1 N–H and O–H groups in total. The number of aryl methyl sites for hydroxylation is 1. The Kier molecular flexibility index (Phi) is 7.21. The summed E-state index contributed by atoms with van der Waals surface area (Å²) in [6, 6.07) is 15.6. The second-order valence-electron chi connectivity index (χ2n) is 9.98. The summed E-state index contributed by atoms with van der Waals surface area (Å²) in [6.45, 7) is 2.75. The monoisotopic (exact) mass is 479 g/mol. The summed E-state index contributed by atoms with van der Waals surface area (Å²) < 4.78 is 0.